The first-order chi connectivity index (χ1) is 11.8. The van der Waals surface area contributed by atoms with Crippen LogP contribution in [-0.2, 0) is 14.6 Å². The maximum atomic E-state index is 12.2. The van der Waals surface area contributed by atoms with Gasteiger partial charge in [-0.05, 0) is 59.7 Å². The number of carbonyl (C=O) groups excluding carboxylic acids is 2. The molecule has 2 aliphatic rings. The van der Waals surface area contributed by atoms with E-state index in [1.807, 2.05) is 24.3 Å². The van der Waals surface area contributed by atoms with E-state index in [9.17, 15) is 18.0 Å². The minimum Gasteiger partial charge on any atom is -0.332 e. The number of hydrogen-bond donors (Lipinski definition) is 3. The molecule has 2 aliphatic heterocycles. The van der Waals surface area contributed by atoms with Crippen molar-refractivity contribution in [2.24, 2.45) is 0 Å². The number of sulfone groups is 1. The first kappa shape index (κ1) is 18.4. The second-order valence-corrected chi connectivity index (χ2v) is 9.93. The monoisotopic (exact) mass is 477 g/mol. The lowest BCUT2D eigenvalue weighted by Crippen LogP contribution is -2.39. The van der Waals surface area contributed by atoms with Crippen molar-refractivity contribution < 1.29 is 18.0 Å². The standard InChI is InChI=1S/C16H20IN3O4S/c17-10-5-7-11(8-6-10)18-14(21)4-2-1-3-13-15-12(9-25(13,23)24)19-16(22)20-15/h5-8,12-13,15H,1-4,9H2,(H,18,21)(H2,19,20,22)/t12-,13-,15+/m1/s1. The van der Waals surface area contributed by atoms with Gasteiger partial charge in [0, 0.05) is 15.7 Å². The Morgan fingerprint density at radius 1 is 1.20 bits per heavy atom. The zero-order chi connectivity index (χ0) is 18.0. The number of benzene rings is 1. The molecular weight excluding hydrogens is 457 g/mol. The average Bonchev–Trinajstić information content (AvgIpc) is 2.98. The van der Waals surface area contributed by atoms with Crippen LogP contribution in [0.15, 0.2) is 24.3 Å². The maximum absolute atomic E-state index is 12.2. The Morgan fingerprint density at radius 2 is 1.92 bits per heavy atom. The summed E-state index contributed by atoms with van der Waals surface area (Å²) in [6.45, 7) is 0. The summed E-state index contributed by atoms with van der Waals surface area (Å²) in [6, 6.07) is 6.56. The van der Waals surface area contributed by atoms with E-state index >= 15 is 0 Å². The predicted octanol–water partition coefficient (Wildman–Crippen LogP) is 1.64. The topological polar surface area (TPSA) is 104 Å². The lowest BCUT2D eigenvalue weighted by atomic mass is 10.0. The first-order valence-corrected chi connectivity index (χ1v) is 11.0. The van der Waals surface area contributed by atoms with Gasteiger partial charge in [-0.2, -0.15) is 0 Å². The summed E-state index contributed by atoms with van der Waals surface area (Å²) in [5.41, 5.74) is 0.756. The van der Waals surface area contributed by atoms with Gasteiger partial charge in [0.05, 0.1) is 23.1 Å². The van der Waals surface area contributed by atoms with Crippen molar-refractivity contribution in [3.8, 4) is 0 Å². The molecule has 0 aromatic heterocycles. The zero-order valence-corrected chi connectivity index (χ0v) is 16.5. The highest BCUT2D eigenvalue weighted by molar-refractivity contribution is 14.1. The second kappa shape index (κ2) is 7.48. The van der Waals surface area contributed by atoms with Crippen LogP contribution in [0.3, 0.4) is 0 Å². The van der Waals surface area contributed by atoms with Gasteiger partial charge in [0.2, 0.25) is 5.91 Å². The molecule has 9 heteroatoms. The molecular formula is C16H20IN3O4S. The van der Waals surface area contributed by atoms with Gasteiger partial charge in [-0.25, -0.2) is 13.2 Å². The molecule has 2 saturated heterocycles. The van der Waals surface area contributed by atoms with Crippen LogP contribution in [0.25, 0.3) is 0 Å². The fourth-order valence-electron chi connectivity index (χ4n) is 3.39. The number of rotatable bonds is 6. The van der Waals surface area contributed by atoms with Gasteiger partial charge in [-0.15, -0.1) is 0 Å². The van der Waals surface area contributed by atoms with Gasteiger partial charge in [-0.1, -0.05) is 6.42 Å². The summed E-state index contributed by atoms with van der Waals surface area (Å²) < 4.78 is 25.5. The Bertz CT molecular complexity index is 766. The summed E-state index contributed by atoms with van der Waals surface area (Å²) in [4.78, 5) is 23.3. The molecule has 1 aromatic carbocycles. The van der Waals surface area contributed by atoms with Gasteiger partial charge in [0.25, 0.3) is 0 Å². The maximum Gasteiger partial charge on any atom is 0.315 e. The third kappa shape index (κ3) is 4.43. The molecule has 2 heterocycles. The number of hydrogen-bond acceptors (Lipinski definition) is 4. The molecule has 1 aromatic rings. The summed E-state index contributed by atoms with van der Waals surface area (Å²) in [5.74, 6) is -0.0850. The van der Waals surface area contributed by atoms with Crippen LogP contribution in [-0.4, -0.2) is 43.4 Å². The van der Waals surface area contributed by atoms with E-state index in [-0.39, 0.29) is 29.8 Å². The van der Waals surface area contributed by atoms with Crippen molar-refractivity contribution in [2.75, 3.05) is 11.1 Å². The van der Waals surface area contributed by atoms with Crippen molar-refractivity contribution in [3.05, 3.63) is 27.8 Å². The smallest absolute Gasteiger partial charge is 0.315 e. The Morgan fingerprint density at radius 3 is 2.64 bits per heavy atom. The predicted molar refractivity (Wildman–Crippen MR) is 103 cm³/mol. The Balaban J connectivity index is 1.44. The number of carbonyl (C=O) groups is 2. The molecule has 3 atom stereocenters. The second-order valence-electron chi connectivity index (χ2n) is 6.42. The van der Waals surface area contributed by atoms with Gasteiger partial charge in [0.1, 0.15) is 0 Å². The van der Waals surface area contributed by atoms with Crippen LogP contribution in [0.5, 0.6) is 0 Å². The number of fused-ring (bicyclic) bond motifs is 1. The fourth-order valence-corrected chi connectivity index (χ4v) is 6.02. The highest BCUT2D eigenvalue weighted by atomic mass is 127. The molecule has 3 N–H and O–H groups in total. The quantitative estimate of drug-likeness (QED) is 0.329. The van der Waals surface area contributed by atoms with Crippen LogP contribution in [0.2, 0.25) is 0 Å². The summed E-state index contributed by atoms with van der Waals surface area (Å²) >= 11 is 2.20. The lowest BCUT2D eigenvalue weighted by Gasteiger charge is -2.16. The number of halogens is 1. The molecule has 7 nitrogen and oxygen atoms in total. The Hall–Kier alpha value is -1.36. The minimum atomic E-state index is -3.20. The van der Waals surface area contributed by atoms with Crippen LogP contribution < -0.4 is 16.0 Å². The van der Waals surface area contributed by atoms with Gasteiger partial charge in [0.15, 0.2) is 9.84 Å². The third-order valence-corrected chi connectivity index (χ3v) is 7.59. The molecule has 3 amide bonds. The molecule has 0 unspecified atom stereocenters. The molecule has 0 aliphatic carbocycles. The van der Waals surface area contributed by atoms with E-state index in [0.29, 0.717) is 25.7 Å². The van der Waals surface area contributed by atoms with Crippen LogP contribution in [0.1, 0.15) is 25.7 Å². The SMILES string of the molecule is O=C(CCCC[C@@H]1[C@H]2NC(=O)N[C@@H]2CS1(=O)=O)Nc1ccc(I)cc1. The Labute approximate surface area is 160 Å². The number of anilines is 1. The van der Waals surface area contributed by atoms with Crippen LogP contribution >= 0.6 is 22.6 Å². The van der Waals surface area contributed by atoms with Crippen LogP contribution in [0, 0.1) is 3.57 Å². The third-order valence-electron chi connectivity index (χ3n) is 4.59. The summed E-state index contributed by atoms with van der Waals surface area (Å²) in [5, 5.41) is 7.62. The number of nitrogens with one attached hydrogen (secondary N) is 3. The van der Waals surface area contributed by atoms with Crippen molar-refractivity contribution in [3.63, 3.8) is 0 Å². The van der Waals surface area contributed by atoms with Crippen molar-refractivity contribution in [1.82, 2.24) is 10.6 Å². The summed E-state index contributed by atoms with van der Waals surface area (Å²) in [6.07, 6.45) is 2.05. The van der Waals surface area contributed by atoms with E-state index in [0.717, 1.165) is 9.26 Å². The molecule has 0 radical (unpaired) electrons. The largest absolute Gasteiger partial charge is 0.332 e. The van der Waals surface area contributed by atoms with Gasteiger partial charge >= 0.3 is 6.03 Å². The fraction of sp³-hybridized carbons (Fsp3) is 0.500. The van der Waals surface area contributed by atoms with Crippen molar-refractivity contribution >= 4 is 50.1 Å². The van der Waals surface area contributed by atoms with E-state index in [2.05, 4.69) is 38.5 Å². The lowest BCUT2D eigenvalue weighted by molar-refractivity contribution is -0.116. The number of unbranched alkanes of at least 4 members (excludes halogenated alkanes) is 1. The molecule has 0 bridgehead atoms. The molecule has 0 spiro atoms. The molecule has 3 rings (SSSR count). The van der Waals surface area contributed by atoms with Gasteiger partial charge in [-0.3, -0.25) is 4.79 Å². The van der Waals surface area contributed by atoms with E-state index < -0.39 is 15.1 Å². The normalized spacial score (nSPS) is 26.6. The summed E-state index contributed by atoms with van der Waals surface area (Å²) in [7, 11) is -3.20. The zero-order valence-electron chi connectivity index (χ0n) is 13.5. The highest BCUT2D eigenvalue weighted by Gasteiger charge is 2.51. The molecule has 2 fully saturated rings. The van der Waals surface area contributed by atoms with E-state index in [1.165, 1.54) is 0 Å². The highest BCUT2D eigenvalue weighted by Crippen LogP contribution is 2.28. The van der Waals surface area contributed by atoms with Crippen molar-refractivity contribution in [2.45, 2.75) is 43.0 Å². The van der Waals surface area contributed by atoms with Crippen molar-refractivity contribution in [1.29, 1.82) is 0 Å². The molecule has 25 heavy (non-hydrogen) atoms. The Kier molecular flexibility index (Phi) is 5.52. The molecule has 0 saturated carbocycles. The van der Waals surface area contributed by atoms with Crippen LogP contribution in [0.4, 0.5) is 10.5 Å². The first-order valence-electron chi connectivity index (χ1n) is 8.19. The minimum absolute atomic E-state index is 0.00559. The molecule has 136 valence electrons. The van der Waals surface area contributed by atoms with Gasteiger partial charge < -0.3 is 16.0 Å². The average molecular weight is 477 g/mol. The van der Waals surface area contributed by atoms with E-state index in [1.54, 1.807) is 0 Å². The van der Waals surface area contributed by atoms with E-state index in [4.69, 9.17) is 0 Å². The number of urea groups is 1. The number of amides is 3.